The zero-order valence-electron chi connectivity index (χ0n) is 14.8. The number of hydrogen-bond acceptors (Lipinski definition) is 7. The predicted octanol–water partition coefficient (Wildman–Crippen LogP) is 4.14. The quantitative estimate of drug-likeness (QED) is 0.623. The highest BCUT2D eigenvalue weighted by Crippen LogP contribution is 2.23. The Kier molecular flexibility index (Phi) is 6.25. The van der Waals surface area contributed by atoms with Crippen LogP contribution in [0.5, 0.6) is 0 Å². The van der Waals surface area contributed by atoms with E-state index >= 15 is 0 Å². The number of anilines is 1. The van der Waals surface area contributed by atoms with Crippen LogP contribution >= 0.6 is 23.1 Å². The van der Waals surface area contributed by atoms with Gasteiger partial charge in [0.2, 0.25) is 17.6 Å². The van der Waals surface area contributed by atoms with Gasteiger partial charge in [0.1, 0.15) is 0 Å². The molecule has 2 amide bonds. The highest BCUT2D eigenvalue weighted by atomic mass is 32.2. The van der Waals surface area contributed by atoms with Crippen molar-refractivity contribution in [2.75, 3.05) is 19.4 Å². The van der Waals surface area contributed by atoms with E-state index in [1.165, 1.54) is 4.90 Å². The van der Waals surface area contributed by atoms with E-state index in [-0.39, 0.29) is 17.6 Å². The molecule has 2 aromatic heterocycles. The molecule has 0 bridgehead atoms. The molecule has 7 nitrogen and oxygen atoms in total. The molecule has 0 aliphatic carbocycles. The monoisotopic (exact) mass is 402 g/mol. The number of carbonyl (C=O) groups is 2. The molecule has 0 unspecified atom stereocenters. The van der Waals surface area contributed by atoms with Gasteiger partial charge in [-0.2, -0.15) is 16.3 Å². The number of thiophene rings is 1. The van der Waals surface area contributed by atoms with Crippen LogP contribution in [-0.2, 0) is 11.2 Å². The second kappa shape index (κ2) is 8.83. The number of nitrogens with one attached hydrogen (secondary N) is 1. The normalized spacial score (nSPS) is 10.6. The summed E-state index contributed by atoms with van der Waals surface area (Å²) in [6.45, 7) is 0. The average Bonchev–Trinajstić information content (AvgIpc) is 3.33. The van der Waals surface area contributed by atoms with Gasteiger partial charge in [0.05, 0.1) is 0 Å². The van der Waals surface area contributed by atoms with Crippen molar-refractivity contribution in [2.24, 2.45) is 0 Å². The minimum atomic E-state index is -0.143. The van der Waals surface area contributed by atoms with Gasteiger partial charge in [-0.05, 0) is 47.5 Å². The molecule has 0 aliphatic rings. The van der Waals surface area contributed by atoms with E-state index in [0.717, 1.165) is 22.2 Å². The summed E-state index contributed by atoms with van der Waals surface area (Å²) in [5, 5.41) is 10.6. The van der Waals surface area contributed by atoms with Crippen molar-refractivity contribution in [2.45, 2.75) is 17.7 Å². The van der Waals surface area contributed by atoms with Crippen molar-refractivity contribution in [1.82, 2.24) is 15.0 Å². The van der Waals surface area contributed by atoms with Gasteiger partial charge in [-0.25, -0.2) is 0 Å². The van der Waals surface area contributed by atoms with Crippen LogP contribution in [0.25, 0.3) is 11.4 Å². The second-order valence-corrected chi connectivity index (χ2v) is 7.66. The number of nitrogens with zero attached hydrogens (tertiary/aromatic N) is 3. The van der Waals surface area contributed by atoms with Gasteiger partial charge in [0.15, 0.2) is 0 Å². The zero-order valence-corrected chi connectivity index (χ0v) is 16.5. The zero-order chi connectivity index (χ0) is 19.2. The second-order valence-electron chi connectivity index (χ2n) is 5.86. The predicted molar refractivity (Wildman–Crippen MR) is 106 cm³/mol. The SMILES string of the molecule is CN(C)C(=O)Sc1ccc(NC(=O)CCc2nc(-c3ccsc3)no2)cc1. The lowest BCUT2D eigenvalue weighted by molar-refractivity contribution is -0.116. The van der Waals surface area contributed by atoms with Crippen molar-refractivity contribution in [1.29, 1.82) is 0 Å². The van der Waals surface area contributed by atoms with Crippen molar-refractivity contribution >= 4 is 39.9 Å². The van der Waals surface area contributed by atoms with Gasteiger partial charge < -0.3 is 14.7 Å². The summed E-state index contributed by atoms with van der Waals surface area (Å²) in [7, 11) is 3.41. The molecule has 0 saturated heterocycles. The molecule has 27 heavy (non-hydrogen) atoms. The molecule has 0 saturated carbocycles. The Bertz CT molecular complexity index is 905. The van der Waals surface area contributed by atoms with Crippen LogP contribution < -0.4 is 5.32 Å². The van der Waals surface area contributed by atoms with Crippen LogP contribution in [0.4, 0.5) is 10.5 Å². The molecule has 0 fully saturated rings. The molecule has 0 aliphatic heterocycles. The van der Waals surface area contributed by atoms with E-state index in [1.807, 2.05) is 16.8 Å². The number of carbonyl (C=O) groups excluding carboxylic acids is 2. The lowest BCUT2D eigenvalue weighted by Gasteiger charge is -2.09. The number of amides is 2. The molecule has 2 heterocycles. The molecule has 9 heteroatoms. The lowest BCUT2D eigenvalue weighted by Crippen LogP contribution is -2.16. The van der Waals surface area contributed by atoms with Crippen molar-refractivity contribution in [3.63, 3.8) is 0 Å². The van der Waals surface area contributed by atoms with Crippen LogP contribution in [0.1, 0.15) is 12.3 Å². The standard InChI is InChI=1S/C18H18N4O3S2/c1-22(2)18(24)27-14-5-3-13(4-6-14)19-15(23)7-8-16-20-17(21-25-16)12-9-10-26-11-12/h3-6,9-11H,7-8H2,1-2H3,(H,19,23). The van der Waals surface area contributed by atoms with Crippen molar-refractivity contribution < 1.29 is 14.1 Å². The van der Waals surface area contributed by atoms with Crippen LogP contribution in [0.2, 0.25) is 0 Å². The fraction of sp³-hybridized carbons (Fsp3) is 0.222. The largest absolute Gasteiger partial charge is 0.339 e. The van der Waals surface area contributed by atoms with Crippen molar-refractivity contribution in [3.8, 4) is 11.4 Å². The summed E-state index contributed by atoms with van der Waals surface area (Å²) in [6, 6.07) is 9.05. The number of hydrogen-bond donors (Lipinski definition) is 1. The molecule has 1 aromatic carbocycles. The summed E-state index contributed by atoms with van der Waals surface area (Å²) in [4.78, 5) is 30.4. The fourth-order valence-electron chi connectivity index (χ4n) is 2.11. The van der Waals surface area contributed by atoms with E-state index in [9.17, 15) is 9.59 Å². The minimum Gasteiger partial charge on any atom is -0.339 e. The first-order valence-electron chi connectivity index (χ1n) is 8.15. The molecule has 0 atom stereocenters. The molecule has 140 valence electrons. The molecular formula is C18H18N4O3S2. The number of aromatic nitrogens is 2. The summed E-state index contributed by atoms with van der Waals surface area (Å²) in [5.41, 5.74) is 1.58. The number of thioether (sulfide) groups is 1. The third-order valence-electron chi connectivity index (χ3n) is 3.52. The Balaban J connectivity index is 1.48. The Labute approximate surface area is 164 Å². The summed E-state index contributed by atoms with van der Waals surface area (Å²) in [6.07, 6.45) is 0.606. The molecular weight excluding hydrogens is 384 g/mol. The maximum absolute atomic E-state index is 12.1. The van der Waals surface area contributed by atoms with Gasteiger partial charge in [-0.15, -0.1) is 0 Å². The van der Waals surface area contributed by atoms with Gasteiger partial charge in [-0.3, -0.25) is 9.59 Å². The van der Waals surface area contributed by atoms with Gasteiger partial charge >= 0.3 is 0 Å². The highest BCUT2D eigenvalue weighted by Gasteiger charge is 2.11. The van der Waals surface area contributed by atoms with Gasteiger partial charge in [-0.1, -0.05) is 5.16 Å². The Morgan fingerprint density at radius 3 is 2.67 bits per heavy atom. The van der Waals surface area contributed by atoms with E-state index in [2.05, 4.69) is 15.5 Å². The number of benzene rings is 1. The molecule has 3 rings (SSSR count). The maximum atomic E-state index is 12.1. The summed E-state index contributed by atoms with van der Waals surface area (Å²) in [5.74, 6) is 0.822. The van der Waals surface area contributed by atoms with Gasteiger partial charge in [0, 0.05) is 48.5 Å². The summed E-state index contributed by atoms with van der Waals surface area (Å²) >= 11 is 2.70. The molecule has 0 radical (unpaired) electrons. The smallest absolute Gasteiger partial charge is 0.285 e. The Hall–Kier alpha value is -2.65. The molecule has 0 spiro atoms. The highest BCUT2D eigenvalue weighted by molar-refractivity contribution is 8.13. The summed E-state index contributed by atoms with van der Waals surface area (Å²) < 4.78 is 5.19. The number of aryl methyl sites for hydroxylation is 1. The average molecular weight is 403 g/mol. The first kappa shape index (κ1) is 19.1. The third kappa shape index (κ3) is 5.41. The van der Waals surface area contributed by atoms with Crippen molar-refractivity contribution in [3.05, 3.63) is 47.0 Å². The molecule has 3 aromatic rings. The van der Waals surface area contributed by atoms with E-state index < -0.39 is 0 Å². The van der Waals surface area contributed by atoms with Crippen LogP contribution in [0.15, 0.2) is 50.5 Å². The maximum Gasteiger partial charge on any atom is 0.285 e. The van der Waals surface area contributed by atoms with E-state index in [1.54, 1.807) is 49.7 Å². The topological polar surface area (TPSA) is 88.3 Å². The fourth-order valence-corrected chi connectivity index (χ4v) is 3.40. The third-order valence-corrected chi connectivity index (χ3v) is 5.25. The first-order chi connectivity index (χ1) is 13.0. The van der Waals surface area contributed by atoms with E-state index in [0.29, 0.717) is 23.8 Å². The minimum absolute atomic E-state index is 0.0480. The Morgan fingerprint density at radius 2 is 2.00 bits per heavy atom. The first-order valence-corrected chi connectivity index (χ1v) is 9.91. The van der Waals surface area contributed by atoms with Crippen LogP contribution in [0, 0.1) is 0 Å². The van der Waals surface area contributed by atoms with Crippen LogP contribution in [-0.4, -0.2) is 40.3 Å². The van der Waals surface area contributed by atoms with Crippen LogP contribution in [0.3, 0.4) is 0 Å². The molecule has 1 N–H and O–H groups in total. The van der Waals surface area contributed by atoms with E-state index in [4.69, 9.17) is 4.52 Å². The Morgan fingerprint density at radius 1 is 1.22 bits per heavy atom. The number of rotatable bonds is 6. The van der Waals surface area contributed by atoms with Gasteiger partial charge in [0.25, 0.3) is 5.24 Å². The lowest BCUT2D eigenvalue weighted by atomic mass is 10.2.